The first-order chi connectivity index (χ1) is 7.98. The maximum Gasteiger partial charge on any atom is 0.133 e. The fraction of sp³-hybridized carbons (Fsp3) is 0.538. The summed E-state index contributed by atoms with van der Waals surface area (Å²) in [7, 11) is 3.64. The van der Waals surface area contributed by atoms with Gasteiger partial charge in [0.2, 0.25) is 0 Å². The number of ether oxygens (including phenoxy) is 1. The normalized spacial score (nSPS) is 11.6. The first kappa shape index (κ1) is 14.5. The minimum absolute atomic E-state index is 0.0845. The van der Waals surface area contributed by atoms with Crippen LogP contribution in [0, 0.1) is 0 Å². The SMILES string of the molecule is CNCC(C)(C)NCc1ccc(OC)c(Br)c1. The van der Waals surface area contributed by atoms with Gasteiger partial charge < -0.3 is 15.4 Å². The maximum atomic E-state index is 5.21. The lowest BCUT2D eigenvalue weighted by molar-refractivity contribution is 0.373. The second kappa shape index (κ2) is 6.38. The van der Waals surface area contributed by atoms with Crippen molar-refractivity contribution in [1.82, 2.24) is 10.6 Å². The van der Waals surface area contributed by atoms with Crippen LogP contribution in [-0.2, 0) is 6.54 Å². The smallest absolute Gasteiger partial charge is 0.133 e. The number of hydrogen-bond acceptors (Lipinski definition) is 3. The summed E-state index contributed by atoms with van der Waals surface area (Å²) in [6, 6.07) is 6.14. The fourth-order valence-corrected chi connectivity index (χ4v) is 2.25. The number of halogens is 1. The molecule has 0 bridgehead atoms. The zero-order valence-electron chi connectivity index (χ0n) is 10.9. The Labute approximate surface area is 112 Å². The van der Waals surface area contributed by atoms with Gasteiger partial charge in [0.1, 0.15) is 5.75 Å². The summed E-state index contributed by atoms with van der Waals surface area (Å²) in [6.45, 7) is 6.14. The van der Waals surface area contributed by atoms with Gasteiger partial charge in [0, 0.05) is 18.6 Å². The molecular weight excluding hydrogens is 280 g/mol. The van der Waals surface area contributed by atoms with Crippen LogP contribution < -0.4 is 15.4 Å². The molecule has 1 aromatic carbocycles. The molecule has 2 N–H and O–H groups in total. The Balaban J connectivity index is 2.61. The molecule has 0 aliphatic rings. The summed E-state index contributed by atoms with van der Waals surface area (Å²) >= 11 is 3.49. The van der Waals surface area contributed by atoms with Crippen LogP contribution >= 0.6 is 15.9 Å². The molecule has 0 aliphatic heterocycles. The van der Waals surface area contributed by atoms with Crippen LogP contribution in [0.3, 0.4) is 0 Å². The molecule has 0 aromatic heterocycles. The van der Waals surface area contributed by atoms with Crippen LogP contribution in [0.25, 0.3) is 0 Å². The van der Waals surface area contributed by atoms with E-state index in [0.29, 0.717) is 0 Å². The Morgan fingerprint density at radius 1 is 1.35 bits per heavy atom. The second-order valence-corrected chi connectivity index (χ2v) is 5.59. The van der Waals surface area contributed by atoms with Crippen LogP contribution in [0.2, 0.25) is 0 Å². The monoisotopic (exact) mass is 300 g/mol. The molecule has 0 unspecified atom stereocenters. The van der Waals surface area contributed by atoms with Crippen LogP contribution in [0.5, 0.6) is 5.75 Å². The van der Waals surface area contributed by atoms with Gasteiger partial charge in [-0.15, -0.1) is 0 Å². The molecule has 17 heavy (non-hydrogen) atoms. The molecule has 0 heterocycles. The van der Waals surface area contributed by atoms with Crippen molar-refractivity contribution in [1.29, 1.82) is 0 Å². The van der Waals surface area contributed by atoms with Gasteiger partial charge in [-0.1, -0.05) is 6.07 Å². The molecule has 0 amide bonds. The van der Waals surface area contributed by atoms with Gasteiger partial charge in [-0.3, -0.25) is 0 Å². The number of methoxy groups -OCH3 is 1. The summed E-state index contributed by atoms with van der Waals surface area (Å²) < 4.78 is 6.20. The largest absolute Gasteiger partial charge is 0.496 e. The third-order valence-electron chi connectivity index (χ3n) is 2.61. The highest BCUT2D eigenvalue weighted by atomic mass is 79.9. The molecule has 0 radical (unpaired) electrons. The van der Waals surface area contributed by atoms with Gasteiger partial charge in [0.05, 0.1) is 11.6 Å². The quantitative estimate of drug-likeness (QED) is 0.847. The van der Waals surface area contributed by atoms with Crippen molar-refractivity contribution in [2.75, 3.05) is 20.7 Å². The highest BCUT2D eigenvalue weighted by Crippen LogP contribution is 2.25. The predicted molar refractivity (Wildman–Crippen MR) is 75.5 cm³/mol. The van der Waals surface area contributed by atoms with E-state index in [1.165, 1.54) is 5.56 Å². The van der Waals surface area contributed by atoms with Crippen molar-refractivity contribution in [3.63, 3.8) is 0 Å². The molecule has 0 fully saturated rings. The predicted octanol–water partition coefficient (Wildman–Crippen LogP) is 2.55. The zero-order valence-corrected chi connectivity index (χ0v) is 12.5. The molecule has 1 aromatic rings. The summed E-state index contributed by atoms with van der Waals surface area (Å²) in [4.78, 5) is 0. The number of benzene rings is 1. The van der Waals surface area contributed by atoms with Gasteiger partial charge in [-0.05, 0) is 54.5 Å². The standard InChI is InChI=1S/C13H21BrN2O/c1-13(2,9-15-3)16-8-10-5-6-12(17-4)11(14)7-10/h5-7,15-16H,8-9H2,1-4H3. The molecule has 96 valence electrons. The summed E-state index contributed by atoms with van der Waals surface area (Å²) in [5.41, 5.74) is 1.32. The Bertz CT molecular complexity index is 366. The van der Waals surface area contributed by atoms with E-state index in [0.717, 1.165) is 23.3 Å². The number of rotatable bonds is 6. The van der Waals surface area contributed by atoms with Gasteiger partial charge in [0.25, 0.3) is 0 Å². The molecule has 3 nitrogen and oxygen atoms in total. The van der Waals surface area contributed by atoms with Crippen LogP contribution in [0.4, 0.5) is 0 Å². The Kier molecular flexibility index (Phi) is 5.43. The first-order valence-electron chi connectivity index (χ1n) is 5.70. The molecule has 0 spiro atoms. The molecule has 0 aliphatic carbocycles. The average Bonchev–Trinajstić information content (AvgIpc) is 2.27. The molecule has 1 rings (SSSR count). The number of likely N-dealkylation sites (N-methyl/N-ethyl adjacent to an activating group) is 1. The first-order valence-corrected chi connectivity index (χ1v) is 6.50. The lowest BCUT2D eigenvalue weighted by Crippen LogP contribution is -2.46. The van der Waals surface area contributed by atoms with Crippen molar-refractivity contribution in [3.8, 4) is 5.75 Å². The molecule has 0 saturated carbocycles. The van der Waals surface area contributed by atoms with E-state index in [4.69, 9.17) is 4.74 Å². The Hall–Kier alpha value is -0.580. The highest BCUT2D eigenvalue weighted by molar-refractivity contribution is 9.10. The second-order valence-electron chi connectivity index (χ2n) is 4.74. The van der Waals surface area contributed by atoms with Gasteiger partial charge in [0.15, 0.2) is 0 Å². The topological polar surface area (TPSA) is 33.3 Å². The molecule has 4 heteroatoms. The number of nitrogens with one attached hydrogen (secondary N) is 2. The van der Waals surface area contributed by atoms with Gasteiger partial charge in [-0.2, -0.15) is 0 Å². The van der Waals surface area contributed by atoms with Crippen molar-refractivity contribution in [3.05, 3.63) is 28.2 Å². The van der Waals surface area contributed by atoms with Crippen molar-refractivity contribution < 1.29 is 4.74 Å². The lowest BCUT2D eigenvalue weighted by atomic mass is 10.1. The van der Waals surface area contributed by atoms with E-state index in [-0.39, 0.29) is 5.54 Å². The highest BCUT2D eigenvalue weighted by Gasteiger charge is 2.15. The van der Waals surface area contributed by atoms with E-state index in [1.54, 1.807) is 7.11 Å². The Morgan fingerprint density at radius 3 is 2.59 bits per heavy atom. The van der Waals surface area contributed by atoms with E-state index in [9.17, 15) is 0 Å². The summed E-state index contributed by atoms with van der Waals surface area (Å²) in [5, 5.41) is 6.70. The van der Waals surface area contributed by atoms with Crippen LogP contribution in [0.15, 0.2) is 22.7 Å². The van der Waals surface area contributed by atoms with E-state index < -0.39 is 0 Å². The lowest BCUT2D eigenvalue weighted by Gasteiger charge is -2.26. The Morgan fingerprint density at radius 2 is 2.06 bits per heavy atom. The van der Waals surface area contributed by atoms with Crippen molar-refractivity contribution in [2.45, 2.75) is 25.9 Å². The van der Waals surface area contributed by atoms with Crippen LogP contribution in [0.1, 0.15) is 19.4 Å². The van der Waals surface area contributed by atoms with Gasteiger partial charge in [-0.25, -0.2) is 0 Å². The molecule has 0 saturated heterocycles. The van der Waals surface area contributed by atoms with E-state index in [1.807, 2.05) is 13.1 Å². The van der Waals surface area contributed by atoms with Crippen LogP contribution in [-0.4, -0.2) is 26.2 Å². The summed E-state index contributed by atoms with van der Waals surface area (Å²) in [6.07, 6.45) is 0. The number of hydrogen-bond donors (Lipinski definition) is 2. The average molecular weight is 301 g/mol. The van der Waals surface area contributed by atoms with Crippen molar-refractivity contribution >= 4 is 15.9 Å². The van der Waals surface area contributed by atoms with Gasteiger partial charge >= 0.3 is 0 Å². The third-order valence-corrected chi connectivity index (χ3v) is 3.23. The molecular formula is C13H21BrN2O. The fourth-order valence-electron chi connectivity index (χ4n) is 1.67. The summed E-state index contributed by atoms with van der Waals surface area (Å²) in [5.74, 6) is 0.864. The van der Waals surface area contributed by atoms with E-state index >= 15 is 0 Å². The minimum Gasteiger partial charge on any atom is -0.496 e. The van der Waals surface area contributed by atoms with Crippen molar-refractivity contribution in [2.24, 2.45) is 0 Å². The minimum atomic E-state index is 0.0845. The van der Waals surface area contributed by atoms with E-state index in [2.05, 4.69) is 52.5 Å². The third kappa shape index (κ3) is 4.66. The maximum absolute atomic E-state index is 5.21. The zero-order chi connectivity index (χ0) is 12.9. The molecule has 0 atom stereocenters.